The maximum atomic E-state index is 12.9. The lowest BCUT2D eigenvalue weighted by Gasteiger charge is -2.25. The highest BCUT2D eigenvalue weighted by molar-refractivity contribution is 6.09. The first-order valence-electron chi connectivity index (χ1n) is 8.98. The van der Waals surface area contributed by atoms with Gasteiger partial charge in [0.2, 0.25) is 0 Å². The molecule has 0 spiro atoms. The molecule has 28 heavy (non-hydrogen) atoms. The van der Waals surface area contributed by atoms with Crippen molar-refractivity contribution in [2.24, 2.45) is 16.6 Å². The SMILES string of the molecule is NC1=NC(c2ccc(OC(F)F)cc2)(c2cccc(/C=C/C3CC3)c2)C(=O)N1. The fourth-order valence-electron chi connectivity index (χ4n) is 3.30. The Balaban J connectivity index is 1.76. The van der Waals surface area contributed by atoms with Crippen LogP contribution < -0.4 is 15.8 Å². The lowest BCUT2D eigenvalue weighted by atomic mass is 9.82. The van der Waals surface area contributed by atoms with E-state index in [4.69, 9.17) is 5.73 Å². The third kappa shape index (κ3) is 3.47. The number of hydrogen-bond donors (Lipinski definition) is 2. The number of nitrogens with zero attached hydrogens (tertiary/aromatic N) is 1. The number of allylic oxidation sites excluding steroid dienone is 1. The fraction of sp³-hybridized carbons (Fsp3) is 0.238. The zero-order chi connectivity index (χ0) is 19.7. The number of carbonyl (C=O) groups excluding carboxylic acids is 1. The van der Waals surface area contributed by atoms with Crippen LogP contribution in [0.3, 0.4) is 0 Å². The summed E-state index contributed by atoms with van der Waals surface area (Å²) in [6.45, 7) is -2.92. The number of aliphatic imine (C=N–C) groups is 1. The standard InChI is InChI=1S/C21H19F2N3O2/c22-19(23)28-17-10-8-15(9-11-17)21(18(27)25-20(24)26-21)16-3-1-2-14(12-16)7-6-13-4-5-13/h1-3,6-13,19H,4-5H2,(H3,24,25,26,27)/b7-6+. The van der Waals surface area contributed by atoms with Gasteiger partial charge in [-0.2, -0.15) is 8.78 Å². The summed E-state index contributed by atoms with van der Waals surface area (Å²) in [5.74, 6) is 0.251. The molecule has 2 aromatic rings. The molecule has 3 N–H and O–H groups in total. The van der Waals surface area contributed by atoms with Gasteiger partial charge in [0, 0.05) is 0 Å². The van der Waals surface area contributed by atoms with Crippen LogP contribution in [0.5, 0.6) is 5.75 Å². The van der Waals surface area contributed by atoms with E-state index in [2.05, 4.69) is 21.1 Å². The van der Waals surface area contributed by atoms with Crippen LogP contribution in [0.25, 0.3) is 6.08 Å². The minimum absolute atomic E-state index is 0.00498. The molecule has 2 aromatic carbocycles. The van der Waals surface area contributed by atoms with Crippen molar-refractivity contribution < 1.29 is 18.3 Å². The van der Waals surface area contributed by atoms with Gasteiger partial charge in [-0.1, -0.05) is 42.5 Å². The summed E-state index contributed by atoms with van der Waals surface area (Å²) >= 11 is 0. The Bertz CT molecular complexity index is 952. The highest BCUT2D eigenvalue weighted by Crippen LogP contribution is 2.38. The molecular weight excluding hydrogens is 364 g/mol. The van der Waals surface area contributed by atoms with Crippen molar-refractivity contribution in [2.45, 2.75) is 25.0 Å². The van der Waals surface area contributed by atoms with E-state index in [-0.39, 0.29) is 11.7 Å². The van der Waals surface area contributed by atoms with E-state index in [1.807, 2.05) is 24.3 Å². The number of guanidine groups is 1. The maximum absolute atomic E-state index is 12.9. The summed E-state index contributed by atoms with van der Waals surface area (Å²) in [5, 5.41) is 2.55. The van der Waals surface area contributed by atoms with E-state index < -0.39 is 18.1 Å². The fourth-order valence-corrected chi connectivity index (χ4v) is 3.30. The number of alkyl halides is 2. The number of benzene rings is 2. The van der Waals surface area contributed by atoms with Crippen LogP contribution in [0.15, 0.2) is 59.6 Å². The lowest BCUT2D eigenvalue weighted by molar-refractivity contribution is -0.122. The topological polar surface area (TPSA) is 76.7 Å². The van der Waals surface area contributed by atoms with E-state index in [1.165, 1.54) is 25.0 Å². The molecule has 1 atom stereocenters. The predicted octanol–water partition coefficient (Wildman–Crippen LogP) is 3.40. The molecule has 1 saturated carbocycles. The van der Waals surface area contributed by atoms with E-state index in [0.717, 1.165) is 5.56 Å². The number of carbonyl (C=O) groups is 1. The average molecular weight is 383 g/mol. The Morgan fingerprint density at radius 3 is 2.54 bits per heavy atom. The zero-order valence-electron chi connectivity index (χ0n) is 14.9. The quantitative estimate of drug-likeness (QED) is 0.803. The zero-order valence-corrected chi connectivity index (χ0v) is 14.9. The number of hydrogen-bond acceptors (Lipinski definition) is 4. The molecule has 1 amide bonds. The maximum Gasteiger partial charge on any atom is 0.387 e. The molecule has 4 rings (SSSR count). The third-order valence-electron chi connectivity index (χ3n) is 4.84. The van der Waals surface area contributed by atoms with Crippen LogP contribution in [0.1, 0.15) is 29.5 Å². The summed E-state index contributed by atoms with van der Waals surface area (Å²) in [5.41, 5.74) is 6.53. The van der Waals surface area contributed by atoms with Crippen LogP contribution in [0, 0.1) is 5.92 Å². The molecule has 7 heteroatoms. The number of amides is 1. The van der Waals surface area contributed by atoms with E-state index in [9.17, 15) is 13.6 Å². The number of halogens is 2. The first kappa shape index (κ1) is 18.2. The van der Waals surface area contributed by atoms with Crippen molar-refractivity contribution in [1.29, 1.82) is 0 Å². The van der Waals surface area contributed by atoms with Crippen molar-refractivity contribution in [3.05, 3.63) is 71.3 Å². The summed E-state index contributed by atoms with van der Waals surface area (Å²) < 4.78 is 29.2. The Hall–Kier alpha value is -3.22. The van der Waals surface area contributed by atoms with Crippen molar-refractivity contribution >= 4 is 17.9 Å². The molecule has 1 unspecified atom stereocenters. The lowest BCUT2D eigenvalue weighted by Crippen LogP contribution is -2.39. The summed E-state index contributed by atoms with van der Waals surface area (Å²) in [4.78, 5) is 17.3. The van der Waals surface area contributed by atoms with Crippen LogP contribution >= 0.6 is 0 Å². The number of ether oxygens (including phenoxy) is 1. The van der Waals surface area contributed by atoms with E-state index in [1.54, 1.807) is 18.2 Å². The number of nitrogens with one attached hydrogen (secondary N) is 1. The molecule has 2 aliphatic rings. The number of nitrogens with two attached hydrogens (primary N) is 1. The molecular formula is C21H19F2N3O2. The molecule has 1 heterocycles. The van der Waals surface area contributed by atoms with Gasteiger partial charge in [-0.15, -0.1) is 0 Å². The second-order valence-electron chi connectivity index (χ2n) is 6.89. The van der Waals surface area contributed by atoms with Gasteiger partial charge in [0.15, 0.2) is 11.5 Å². The van der Waals surface area contributed by atoms with Gasteiger partial charge in [-0.25, -0.2) is 4.99 Å². The average Bonchev–Trinajstić information content (AvgIpc) is 3.44. The van der Waals surface area contributed by atoms with Gasteiger partial charge in [-0.3, -0.25) is 10.1 Å². The molecule has 5 nitrogen and oxygen atoms in total. The Labute approximate surface area is 160 Å². The summed E-state index contributed by atoms with van der Waals surface area (Å²) in [6, 6.07) is 13.4. The van der Waals surface area contributed by atoms with Gasteiger partial charge >= 0.3 is 6.61 Å². The second-order valence-corrected chi connectivity index (χ2v) is 6.89. The first-order chi connectivity index (χ1) is 13.5. The minimum Gasteiger partial charge on any atom is -0.435 e. The molecule has 1 aliphatic heterocycles. The van der Waals surface area contributed by atoms with Crippen LogP contribution in [0.4, 0.5) is 8.78 Å². The normalized spacial score (nSPS) is 21.8. The second kappa shape index (κ2) is 7.07. The Morgan fingerprint density at radius 1 is 1.18 bits per heavy atom. The molecule has 0 aromatic heterocycles. The molecule has 1 aliphatic carbocycles. The smallest absolute Gasteiger partial charge is 0.387 e. The third-order valence-corrected chi connectivity index (χ3v) is 4.84. The van der Waals surface area contributed by atoms with Gasteiger partial charge in [0.1, 0.15) is 5.75 Å². The van der Waals surface area contributed by atoms with Crippen LogP contribution in [0.2, 0.25) is 0 Å². The van der Waals surface area contributed by atoms with E-state index >= 15 is 0 Å². The van der Waals surface area contributed by atoms with Crippen LogP contribution in [-0.4, -0.2) is 18.5 Å². The van der Waals surface area contributed by atoms with Gasteiger partial charge in [0.25, 0.3) is 5.91 Å². The Kier molecular flexibility index (Phi) is 4.58. The Morgan fingerprint density at radius 2 is 1.93 bits per heavy atom. The molecule has 0 saturated heterocycles. The molecule has 0 radical (unpaired) electrons. The summed E-state index contributed by atoms with van der Waals surface area (Å²) in [6.07, 6.45) is 6.61. The van der Waals surface area contributed by atoms with Gasteiger partial charge in [0.05, 0.1) is 0 Å². The van der Waals surface area contributed by atoms with Crippen molar-refractivity contribution in [2.75, 3.05) is 0 Å². The number of rotatable bonds is 6. The highest BCUT2D eigenvalue weighted by atomic mass is 19.3. The molecule has 144 valence electrons. The molecule has 1 fully saturated rings. The van der Waals surface area contributed by atoms with E-state index in [0.29, 0.717) is 17.0 Å². The van der Waals surface area contributed by atoms with Crippen molar-refractivity contribution in [3.8, 4) is 5.75 Å². The largest absolute Gasteiger partial charge is 0.435 e. The highest BCUT2D eigenvalue weighted by Gasteiger charge is 2.46. The predicted molar refractivity (Wildman–Crippen MR) is 102 cm³/mol. The van der Waals surface area contributed by atoms with Crippen molar-refractivity contribution in [3.63, 3.8) is 0 Å². The van der Waals surface area contributed by atoms with Crippen LogP contribution in [-0.2, 0) is 10.3 Å². The van der Waals surface area contributed by atoms with Gasteiger partial charge < -0.3 is 10.5 Å². The minimum atomic E-state index is -2.92. The first-order valence-corrected chi connectivity index (χ1v) is 8.98. The summed E-state index contributed by atoms with van der Waals surface area (Å²) in [7, 11) is 0. The van der Waals surface area contributed by atoms with Crippen molar-refractivity contribution in [1.82, 2.24) is 5.32 Å². The molecule has 0 bridgehead atoms. The van der Waals surface area contributed by atoms with Gasteiger partial charge in [-0.05, 0) is 53.6 Å². The monoisotopic (exact) mass is 383 g/mol.